The zero-order chi connectivity index (χ0) is 8.10. The fraction of sp³-hybridized carbons (Fsp3) is 0.100. The Morgan fingerprint density at radius 3 is 2.36 bits per heavy atom. The maximum Gasteiger partial charge on any atom is 0.174 e. The zero-order valence-electron chi connectivity index (χ0n) is 6.53. The predicted molar refractivity (Wildman–Crippen MR) is 46.9 cm³/mol. The van der Waals surface area contributed by atoms with Gasteiger partial charge in [-0.25, -0.2) is 0 Å². The standard InChI is InChI=1S/C10H12N/c1-3-5-10-6-8-11(4-2)9-7-10/h3-4,6-9H,1-2,5H2/q+1. The van der Waals surface area contributed by atoms with E-state index in [1.54, 1.807) is 6.20 Å². The molecule has 0 spiro atoms. The van der Waals surface area contributed by atoms with Gasteiger partial charge in [-0.05, 0) is 18.6 Å². The lowest BCUT2D eigenvalue weighted by atomic mass is 10.2. The third-order valence-electron chi connectivity index (χ3n) is 1.51. The van der Waals surface area contributed by atoms with Crippen molar-refractivity contribution < 1.29 is 4.57 Å². The molecule has 0 aromatic carbocycles. The summed E-state index contributed by atoms with van der Waals surface area (Å²) in [5.74, 6) is 0. The van der Waals surface area contributed by atoms with Gasteiger partial charge in [-0.3, -0.25) is 0 Å². The van der Waals surface area contributed by atoms with E-state index in [2.05, 4.69) is 25.3 Å². The maximum absolute atomic E-state index is 3.67. The Kier molecular flexibility index (Phi) is 2.61. The first-order valence-electron chi connectivity index (χ1n) is 3.60. The van der Waals surface area contributed by atoms with E-state index in [1.165, 1.54) is 5.56 Å². The van der Waals surface area contributed by atoms with Crippen molar-refractivity contribution in [2.45, 2.75) is 6.42 Å². The predicted octanol–water partition coefficient (Wildman–Crippen LogP) is 1.80. The first-order valence-corrected chi connectivity index (χ1v) is 3.60. The van der Waals surface area contributed by atoms with E-state index in [4.69, 9.17) is 0 Å². The molecule has 1 heterocycles. The van der Waals surface area contributed by atoms with Crippen LogP contribution in [-0.4, -0.2) is 0 Å². The molecule has 0 atom stereocenters. The highest BCUT2D eigenvalue weighted by Crippen LogP contribution is 1.96. The average molecular weight is 146 g/mol. The summed E-state index contributed by atoms with van der Waals surface area (Å²) >= 11 is 0. The quantitative estimate of drug-likeness (QED) is 0.452. The molecule has 0 aliphatic rings. The van der Waals surface area contributed by atoms with Gasteiger partial charge in [0.15, 0.2) is 18.6 Å². The molecule has 0 aliphatic carbocycles. The molecule has 0 saturated carbocycles. The summed E-state index contributed by atoms with van der Waals surface area (Å²) < 4.78 is 1.91. The van der Waals surface area contributed by atoms with Gasteiger partial charge in [-0.2, -0.15) is 4.57 Å². The van der Waals surface area contributed by atoms with Gasteiger partial charge in [0.1, 0.15) is 0 Å². The van der Waals surface area contributed by atoms with E-state index in [0.717, 1.165) is 6.42 Å². The minimum Gasteiger partial charge on any atom is -0.174 e. The highest BCUT2D eigenvalue weighted by atomic mass is 14.9. The summed E-state index contributed by atoms with van der Waals surface area (Å²) in [6.45, 7) is 7.32. The Bertz CT molecular complexity index is 246. The molecule has 56 valence electrons. The van der Waals surface area contributed by atoms with Gasteiger partial charge >= 0.3 is 0 Å². The Balaban J connectivity index is 2.81. The van der Waals surface area contributed by atoms with Crippen LogP contribution in [0.5, 0.6) is 0 Å². The number of aromatic nitrogens is 1. The first kappa shape index (κ1) is 7.73. The number of pyridine rings is 1. The Morgan fingerprint density at radius 1 is 1.27 bits per heavy atom. The van der Waals surface area contributed by atoms with Crippen LogP contribution in [0.2, 0.25) is 0 Å². The molecule has 0 amide bonds. The van der Waals surface area contributed by atoms with Crippen LogP contribution < -0.4 is 4.57 Å². The number of hydrogen-bond donors (Lipinski definition) is 0. The molecule has 1 heteroatoms. The van der Waals surface area contributed by atoms with Crippen molar-refractivity contribution in [3.05, 3.63) is 49.3 Å². The smallest absolute Gasteiger partial charge is 0.174 e. The summed E-state index contributed by atoms with van der Waals surface area (Å²) in [5.41, 5.74) is 1.28. The van der Waals surface area contributed by atoms with Crippen molar-refractivity contribution in [1.29, 1.82) is 0 Å². The second-order valence-corrected chi connectivity index (χ2v) is 2.33. The number of rotatable bonds is 3. The van der Waals surface area contributed by atoms with E-state index < -0.39 is 0 Å². The molecule has 0 radical (unpaired) electrons. The van der Waals surface area contributed by atoms with Gasteiger partial charge in [-0.1, -0.05) is 6.08 Å². The van der Waals surface area contributed by atoms with Crippen LogP contribution in [-0.2, 0) is 6.42 Å². The number of nitrogens with zero attached hydrogens (tertiary/aromatic N) is 1. The van der Waals surface area contributed by atoms with Crippen molar-refractivity contribution in [3.63, 3.8) is 0 Å². The Labute approximate surface area is 67.3 Å². The fourth-order valence-corrected chi connectivity index (χ4v) is 0.893. The van der Waals surface area contributed by atoms with E-state index >= 15 is 0 Å². The number of allylic oxidation sites excluding steroid dienone is 1. The summed E-state index contributed by atoms with van der Waals surface area (Å²) in [6.07, 6.45) is 8.54. The summed E-state index contributed by atoms with van der Waals surface area (Å²) in [7, 11) is 0. The largest absolute Gasteiger partial charge is 0.174 e. The van der Waals surface area contributed by atoms with Crippen molar-refractivity contribution in [2.24, 2.45) is 0 Å². The normalized spacial score (nSPS) is 9.09. The molecule has 0 N–H and O–H groups in total. The van der Waals surface area contributed by atoms with E-state index in [1.807, 2.05) is 23.0 Å². The lowest BCUT2D eigenvalue weighted by Crippen LogP contribution is -2.23. The highest BCUT2D eigenvalue weighted by Gasteiger charge is 1.93. The molecule has 1 aromatic heterocycles. The van der Waals surface area contributed by atoms with E-state index in [9.17, 15) is 0 Å². The van der Waals surface area contributed by atoms with Gasteiger partial charge in [0.05, 0.1) is 0 Å². The van der Waals surface area contributed by atoms with Crippen molar-refractivity contribution >= 4 is 6.20 Å². The molecule has 0 unspecified atom stereocenters. The van der Waals surface area contributed by atoms with Crippen LogP contribution in [0.15, 0.2) is 43.8 Å². The third kappa shape index (κ3) is 2.04. The molecule has 0 fully saturated rings. The minimum absolute atomic E-state index is 0.929. The summed E-state index contributed by atoms with van der Waals surface area (Å²) in [5, 5.41) is 0. The monoisotopic (exact) mass is 146 g/mol. The number of hydrogen-bond acceptors (Lipinski definition) is 0. The fourth-order valence-electron chi connectivity index (χ4n) is 0.893. The molecule has 11 heavy (non-hydrogen) atoms. The van der Waals surface area contributed by atoms with Crippen molar-refractivity contribution in [1.82, 2.24) is 0 Å². The Hall–Kier alpha value is -1.37. The lowest BCUT2D eigenvalue weighted by Gasteiger charge is -1.91. The molecule has 0 aliphatic heterocycles. The molecular formula is C10H12N+. The van der Waals surface area contributed by atoms with Crippen molar-refractivity contribution in [2.75, 3.05) is 0 Å². The molecule has 1 nitrogen and oxygen atoms in total. The van der Waals surface area contributed by atoms with Gasteiger partial charge in [0.25, 0.3) is 0 Å². The van der Waals surface area contributed by atoms with Crippen LogP contribution in [0.1, 0.15) is 5.56 Å². The molecule has 1 aromatic rings. The van der Waals surface area contributed by atoms with Crippen LogP contribution in [0.25, 0.3) is 6.20 Å². The Morgan fingerprint density at radius 2 is 1.91 bits per heavy atom. The average Bonchev–Trinajstić information content (AvgIpc) is 2.07. The van der Waals surface area contributed by atoms with Crippen LogP contribution >= 0.6 is 0 Å². The van der Waals surface area contributed by atoms with Crippen molar-refractivity contribution in [3.8, 4) is 0 Å². The maximum atomic E-state index is 3.67. The third-order valence-corrected chi connectivity index (χ3v) is 1.51. The second-order valence-electron chi connectivity index (χ2n) is 2.33. The van der Waals surface area contributed by atoms with Crippen LogP contribution in [0.3, 0.4) is 0 Å². The molecule has 0 saturated heterocycles. The highest BCUT2D eigenvalue weighted by molar-refractivity contribution is 5.12. The van der Waals surface area contributed by atoms with E-state index in [-0.39, 0.29) is 0 Å². The zero-order valence-corrected chi connectivity index (χ0v) is 6.53. The SMILES string of the molecule is C=CCc1cc[n+](C=C)cc1. The van der Waals surface area contributed by atoms with Crippen LogP contribution in [0, 0.1) is 0 Å². The minimum atomic E-state index is 0.929. The first-order chi connectivity index (χ1) is 5.36. The molecule has 0 bridgehead atoms. The van der Waals surface area contributed by atoms with Crippen LogP contribution in [0.4, 0.5) is 0 Å². The molecule has 1 rings (SSSR count). The summed E-state index contributed by atoms with van der Waals surface area (Å²) in [6, 6.07) is 4.12. The van der Waals surface area contributed by atoms with Gasteiger partial charge in [0.2, 0.25) is 0 Å². The van der Waals surface area contributed by atoms with E-state index in [0.29, 0.717) is 0 Å². The van der Waals surface area contributed by atoms with Gasteiger partial charge in [-0.15, -0.1) is 6.58 Å². The van der Waals surface area contributed by atoms with Gasteiger partial charge in [0, 0.05) is 12.1 Å². The topological polar surface area (TPSA) is 3.88 Å². The van der Waals surface area contributed by atoms with Gasteiger partial charge < -0.3 is 0 Å². The lowest BCUT2D eigenvalue weighted by molar-refractivity contribution is -0.568. The summed E-state index contributed by atoms with van der Waals surface area (Å²) in [4.78, 5) is 0. The molecular weight excluding hydrogens is 134 g/mol. The second kappa shape index (κ2) is 3.71.